The van der Waals surface area contributed by atoms with E-state index in [9.17, 15) is 13.2 Å². The number of amides is 1. The lowest BCUT2D eigenvalue weighted by molar-refractivity contribution is 0.102. The molecule has 0 aliphatic carbocycles. The molecule has 29 heavy (non-hydrogen) atoms. The summed E-state index contributed by atoms with van der Waals surface area (Å²) in [5, 5.41) is 2.77. The van der Waals surface area contributed by atoms with Crippen LogP contribution >= 0.6 is 0 Å². The number of carbonyl (C=O) groups is 1. The summed E-state index contributed by atoms with van der Waals surface area (Å²) < 4.78 is 37.9. The fourth-order valence-corrected chi connectivity index (χ4v) is 4.88. The molecule has 0 radical (unpaired) electrons. The van der Waals surface area contributed by atoms with Crippen molar-refractivity contribution in [2.24, 2.45) is 0 Å². The molecule has 0 saturated carbocycles. The molecule has 0 atom stereocenters. The number of hydrogen-bond acceptors (Lipinski definition) is 5. The van der Waals surface area contributed by atoms with E-state index in [-0.39, 0.29) is 10.5 Å². The van der Waals surface area contributed by atoms with Crippen molar-refractivity contribution >= 4 is 21.6 Å². The van der Waals surface area contributed by atoms with Crippen LogP contribution in [-0.2, 0) is 10.0 Å². The summed E-state index contributed by atoms with van der Waals surface area (Å²) in [7, 11) is -0.572. The van der Waals surface area contributed by atoms with Gasteiger partial charge in [0.1, 0.15) is 11.5 Å². The van der Waals surface area contributed by atoms with Crippen LogP contribution < -0.4 is 14.8 Å². The molecule has 1 fully saturated rings. The number of sulfonamides is 1. The van der Waals surface area contributed by atoms with E-state index in [2.05, 4.69) is 5.32 Å². The smallest absolute Gasteiger partial charge is 0.255 e. The predicted molar refractivity (Wildman–Crippen MR) is 111 cm³/mol. The van der Waals surface area contributed by atoms with E-state index in [0.29, 0.717) is 30.3 Å². The third kappa shape index (κ3) is 5.07. The highest BCUT2D eigenvalue weighted by Gasteiger charge is 2.25. The zero-order chi connectivity index (χ0) is 20.9. The molecule has 156 valence electrons. The summed E-state index contributed by atoms with van der Waals surface area (Å²) in [6.45, 7) is 1.03. The zero-order valence-electron chi connectivity index (χ0n) is 16.7. The van der Waals surface area contributed by atoms with Crippen LogP contribution in [0.15, 0.2) is 47.4 Å². The first-order valence-corrected chi connectivity index (χ1v) is 11.0. The SMILES string of the molecule is COc1cc(NC(=O)c2cccc(S(=O)(=O)N3CCCCCC3)c2)cc(OC)c1. The van der Waals surface area contributed by atoms with Gasteiger partial charge in [0.15, 0.2) is 0 Å². The van der Waals surface area contributed by atoms with Crippen molar-refractivity contribution in [3.8, 4) is 11.5 Å². The van der Waals surface area contributed by atoms with Crippen molar-refractivity contribution in [2.75, 3.05) is 32.6 Å². The Hall–Kier alpha value is -2.58. The number of ether oxygens (including phenoxy) is 2. The van der Waals surface area contributed by atoms with Gasteiger partial charge in [-0.2, -0.15) is 4.31 Å². The maximum Gasteiger partial charge on any atom is 0.255 e. The van der Waals surface area contributed by atoms with Gasteiger partial charge in [0.25, 0.3) is 5.91 Å². The first kappa shape index (κ1) is 21.1. The minimum absolute atomic E-state index is 0.135. The molecule has 1 amide bonds. The Morgan fingerprint density at radius 2 is 1.55 bits per heavy atom. The van der Waals surface area contributed by atoms with Gasteiger partial charge in [0.05, 0.1) is 19.1 Å². The number of anilines is 1. The Kier molecular flexibility index (Phi) is 6.76. The standard InChI is InChI=1S/C21H26N2O5S/c1-27-18-13-17(14-19(15-18)28-2)22-21(24)16-8-7-9-20(12-16)29(25,26)23-10-5-3-4-6-11-23/h7-9,12-15H,3-6,10-11H2,1-2H3,(H,22,24). The normalized spacial score (nSPS) is 15.4. The second kappa shape index (κ2) is 9.28. The highest BCUT2D eigenvalue weighted by Crippen LogP contribution is 2.26. The van der Waals surface area contributed by atoms with Crippen LogP contribution in [0.4, 0.5) is 5.69 Å². The van der Waals surface area contributed by atoms with Crippen molar-refractivity contribution in [3.63, 3.8) is 0 Å². The Bertz CT molecular complexity index is 945. The lowest BCUT2D eigenvalue weighted by Crippen LogP contribution is -2.32. The summed E-state index contributed by atoms with van der Waals surface area (Å²) >= 11 is 0. The number of benzene rings is 2. The summed E-state index contributed by atoms with van der Waals surface area (Å²) in [6, 6.07) is 11.2. The van der Waals surface area contributed by atoms with Crippen molar-refractivity contribution in [3.05, 3.63) is 48.0 Å². The molecule has 1 aliphatic heterocycles. The van der Waals surface area contributed by atoms with E-state index >= 15 is 0 Å². The average molecular weight is 419 g/mol. The Morgan fingerprint density at radius 3 is 2.14 bits per heavy atom. The van der Waals surface area contributed by atoms with Crippen LogP contribution in [0.25, 0.3) is 0 Å². The summed E-state index contributed by atoms with van der Waals surface area (Å²) in [4.78, 5) is 12.9. The first-order chi connectivity index (χ1) is 13.9. The molecular weight excluding hydrogens is 392 g/mol. The van der Waals surface area contributed by atoms with Gasteiger partial charge in [-0.3, -0.25) is 4.79 Å². The number of nitrogens with one attached hydrogen (secondary N) is 1. The second-order valence-corrected chi connectivity index (χ2v) is 8.84. The average Bonchev–Trinajstić information content (AvgIpc) is 3.03. The molecule has 8 heteroatoms. The quantitative estimate of drug-likeness (QED) is 0.776. The number of methoxy groups -OCH3 is 2. The van der Waals surface area contributed by atoms with Crippen molar-refractivity contribution < 1.29 is 22.7 Å². The minimum Gasteiger partial charge on any atom is -0.497 e. The van der Waals surface area contributed by atoms with Crippen LogP contribution in [-0.4, -0.2) is 45.9 Å². The van der Waals surface area contributed by atoms with Gasteiger partial charge in [-0.25, -0.2) is 8.42 Å². The highest BCUT2D eigenvalue weighted by molar-refractivity contribution is 7.89. The minimum atomic E-state index is -3.62. The van der Waals surface area contributed by atoms with Gasteiger partial charge < -0.3 is 14.8 Å². The molecule has 2 aromatic carbocycles. The van der Waals surface area contributed by atoms with Crippen LogP contribution in [0, 0.1) is 0 Å². The first-order valence-electron chi connectivity index (χ1n) is 9.58. The number of nitrogens with zero attached hydrogens (tertiary/aromatic N) is 1. The van der Waals surface area contributed by atoms with Gasteiger partial charge in [-0.05, 0) is 31.0 Å². The number of carbonyl (C=O) groups excluding carboxylic acids is 1. The molecule has 1 N–H and O–H groups in total. The van der Waals surface area contributed by atoms with E-state index in [0.717, 1.165) is 25.7 Å². The molecule has 1 heterocycles. The molecule has 3 rings (SSSR count). The topological polar surface area (TPSA) is 84.9 Å². The molecule has 1 aliphatic rings. The Labute approximate surface area is 171 Å². The van der Waals surface area contributed by atoms with Crippen LogP contribution in [0.3, 0.4) is 0 Å². The Balaban J connectivity index is 1.82. The van der Waals surface area contributed by atoms with Crippen molar-refractivity contribution in [2.45, 2.75) is 30.6 Å². The van der Waals surface area contributed by atoms with E-state index in [1.54, 1.807) is 30.3 Å². The van der Waals surface area contributed by atoms with Gasteiger partial charge in [0.2, 0.25) is 10.0 Å². The second-order valence-electron chi connectivity index (χ2n) is 6.90. The lowest BCUT2D eigenvalue weighted by atomic mass is 10.2. The predicted octanol–water partition coefficient (Wildman–Crippen LogP) is 3.52. The van der Waals surface area contributed by atoms with Crippen molar-refractivity contribution in [1.29, 1.82) is 0 Å². The van der Waals surface area contributed by atoms with E-state index < -0.39 is 15.9 Å². The molecule has 0 spiro atoms. The lowest BCUT2D eigenvalue weighted by Gasteiger charge is -2.20. The van der Waals surface area contributed by atoms with E-state index in [4.69, 9.17) is 9.47 Å². The van der Waals surface area contributed by atoms with Gasteiger partial charge in [0, 0.05) is 42.5 Å². The molecule has 1 saturated heterocycles. The van der Waals surface area contributed by atoms with Gasteiger partial charge in [-0.1, -0.05) is 18.9 Å². The van der Waals surface area contributed by atoms with E-state index in [1.807, 2.05) is 0 Å². The maximum absolute atomic E-state index is 13.0. The summed E-state index contributed by atoms with van der Waals surface area (Å²) in [5.41, 5.74) is 0.759. The molecule has 0 aromatic heterocycles. The largest absolute Gasteiger partial charge is 0.497 e. The van der Waals surface area contributed by atoms with Crippen LogP contribution in [0.5, 0.6) is 11.5 Å². The fraction of sp³-hybridized carbons (Fsp3) is 0.381. The molecule has 7 nitrogen and oxygen atoms in total. The fourth-order valence-electron chi connectivity index (χ4n) is 3.31. The number of rotatable bonds is 6. The third-order valence-corrected chi connectivity index (χ3v) is 6.80. The molecule has 0 bridgehead atoms. The van der Waals surface area contributed by atoms with Crippen LogP contribution in [0.2, 0.25) is 0 Å². The van der Waals surface area contributed by atoms with E-state index in [1.165, 1.54) is 30.7 Å². The third-order valence-electron chi connectivity index (χ3n) is 4.91. The summed E-state index contributed by atoms with van der Waals surface area (Å²) in [6.07, 6.45) is 3.80. The highest BCUT2D eigenvalue weighted by atomic mass is 32.2. The van der Waals surface area contributed by atoms with Crippen LogP contribution in [0.1, 0.15) is 36.0 Å². The van der Waals surface area contributed by atoms with Gasteiger partial charge in [-0.15, -0.1) is 0 Å². The zero-order valence-corrected chi connectivity index (χ0v) is 17.5. The van der Waals surface area contributed by atoms with Gasteiger partial charge >= 0.3 is 0 Å². The Morgan fingerprint density at radius 1 is 0.931 bits per heavy atom. The monoisotopic (exact) mass is 418 g/mol. The number of hydrogen-bond donors (Lipinski definition) is 1. The van der Waals surface area contributed by atoms with Crippen molar-refractivity contribution in [1.82, 2.24) is 4.31 Å². The molecular formula is C21H26N2O5S. The molecule has 2 aromatic rings. The summed E-state index contributed by atoms with van der Waals surface area (Å²) in [5.74, 6) is 0.669. The molecule has 0 unspecified atom stereocenters. The maximum atomic E-state index is 13.0.